The van der Waals surface area contributed by atoms with Crippen molar-refractivity contribution in [2.45, 2.75) is 20.4 Å². The quantitative estimate of drug-likeness (QED) is 0.764. The summed E-state index contributed by atoms with van der Waals surface area (Å²) in [5.74, 6) is -0.190. The summed E-state index contributed by atoms with van der Waals surface area (Å²) < 4.78 is 1.87. The number of nitrogens with zero attached hydrogens (tertiary/aromatic N) is 2. The molecule has 0 saturated heterocycles. The van der Waals surface area contributed by atoms with Crippen LogP contribution in [-0.4, -0.2) is 15.3 Å². The smallest absolute Gasteiger partial charge is 0.270 e. The van der Waals surface area contributed by atoms with Gasteiger partial charge in [-0.15, -0.1) is 11.3 Å². The number of aromatic nitrogens is 2. The molecule has 0 saturated carbocycles. The molecule has 3 aromatic rings. The monoisotopic (exact) mass is 353 g/mol. The average Bonchev–Trinajstić information content (AvgIpc) is 3.02. The second-order valence-corrected chi connectivity index (χ2v) is 6.87. The van der Waals surface area contributed by atoms with E-state index in [1.54, 1.807) is 29.7 Å². The van der Waals surface area contributed by atoms with Crippen molar-refractivity contribution in [1.82, 2.24) is 14.7 Å². The van der Waals surface area contributed by atoms with E-state index in [0.29, 0.717) is 22.3 Å². The lowest BCUT2D eigenvalue weighted by atomic mass is 10.2. The van der Waals surface area contributed by atoms with Crippen LogP contribution in [0.2, 0.25) is 10.0 Å². The van der Waals surface area contributed by atoms with Crippen molar-refractivity contribution < 1.29 is 4.79 Å². The highest BCUT2D eigenvalue weighted by Gasteiger charge is 2.16. The molecule has 1 amide bonds. The number of carbonyl (C=O) groups is 1. The molecule has 114 valence electrons. The molecule has 0 bridgehead atoms. The van der Waals surface area contributed by atoms with Crippen LogP contribution >= 0.6 is 34.5 Å². The molecule has 0 fully saturated rings. The maximum absolute atomic E-state index is 12.4. The van der Waals surface area contributed by atoms with Crippen molar-refractivity contribution in [2.75, 3.05) is 0 Å². The molecule has 0 aliphatic carbocycles. The number of halogens is 2. The summed E-state index contributed by atoms with van der Waals surface area (Å²) in [4.78, 5) is 18.7. The largest absolute Gasteiger partial charge is 0.347 e. The Hall–Kier alpha value is -1.56. The maximum atomic E-state index is 12.4. The molecule has 7 heteroatoms. The summed E-state index contributed by atoms with van der Waals surface area (Å²) in [7, 11) is 0. The van der Waals surface area contributed by atoms with Gasteiger partial charge >= 0.3 is 0 Å². The fourth-order valence-electron chi connectivity index (χ4n) is 2.21. The van der Waals surface area contributed by atoms with Crippen LogP contribution in [-0.2, 0) is 6.54 Å². The molecule has 22 heavy (non-hydrogen) atoms. The maximum Gasteiger partial charge on any atom is 0.270 e. The molecule has 0 aliphatic rings. The summed E-state index contributed by atoms with van der Waals surface area (Å²) in [6.07, 6.45) is 1.59. The minimum absolute atomic E-state index is 0.190. The predicted molar refractivity (Wildman–Crippen MR) is 90.2 cm³/mol. The lowest BCUT2D eigenvalue weighted by molar-refractivity contribution is 0.0945. The Morgan fingerprint density at radius 1 is 1.36 bits per heavy atom. The number of aryl methyl sites for hydroxylation is 2. The van der Waals surface area contributed by atoms with Gasteiger partial charge in [0.15, 0.2) is 4.96 Å². The Labute approximate surface area is 141 Å². The van der Waals surface area contributed by atoms with Gasteiger partial charge in [0.1, 0.15) is 5.69 Å². The van der Waals surface area contributed by atoms with Crippen LogP contribution in [0, 0.1) is 13.8 Å². The van der Waals surface area contributed by atoms with Gasteiger partial charge in [-0.1, -0.05) is 35.3 Å². The molecule has 2 aromatic heterocycles. The second-order valence-electron chi connectivity index (χ2n) is 4.90. The van der Waals surface area contributed by atoms with Crippen LogP contribution < -0.4 is 5.32 Å². The molecule has 4 nitrogen and oxygen atoms in total. The standard InChI is InChI=1S/C15H13Cl2N3OS/c1-8-9(2)22-15-19-7-12(20(8)15)14(21)18-6-10-4-3-5-11(16)13(10)17/h3-5,7H,6H2,1-2H3,(H,18,21). The Balaban J connectivity index is 1.83. The third kappa shape index (κ3) is 2.60. The van der Waals surface area contributed by atoms with Crippen molar-refractivity contribution in [1.29, 1.82) is 0 Å². The van der Waals surface area contributed by atoms with E-state index >= 15 is 0 Å². The normalized spacial score (nSPS) is 11.1. The van der Waals surface area contributed by atoms with Gasteiger partial charge in [-0.25, -0.2) is 4.98 Å². The molecular weight excluding hydrogens is 341 g/mol. The first-order valence-corrected chi connectivity index (χ1v) is 8.21. The van der Waals surface area contributed by atoms with E-state index in [-0.39, 0.29) is 5.91 Å². The Morgan fingerprint density at radius 3 is 2.91 bits per heavy atom. The van der Waals surface area contributed by atoms with Crippen molar-refractivity contribution in [3.8, 4) is 0 Å². The molecule has 0 aliphatic heterocycles. The molecular formula is C15H13Cl2N3OS. The van der Waals surface area contributed by atoms with Crippen LogP contribution in [0.1, 0.15) is 26.6 Å². The number of fused-ring (bicyclic) bond motifs is 1. The molecule has 1 N–H and O–H groups in total. The van der Waals surface area contributed by atoms with E-state index in [2.05, 4.69) is 10.3 Å². The number of rotatable bonds is 3. The summed E-state index contributed by atoms with van der Waals surface area (Å²) in [5, 5.41) is 3.80. The van der Waals surface area contributed by atoms with Crippen LogP contribution in [0.15, 0.2) is 24.4 Å². The van der Waals surface area contributed by atoms with E-state index < -0.39 is 0 Å². The fraction of sp³-hybridized carbons (Fsp3) is 0.200. The molecule has 0 spiro atoms. The number of hydrogen-bond donors (Lipinski definition) is 1. The van der Waals surface area contributed by atoms with E-state index in [1.807, 2.05) is 24.3 Å². The number of thiazole rings is 1. The zero-order chi connectivity index (χ0) is 15.9. The highest BCUT2D eigenvalue weighted by Crippen LogP contribution is 2.26. The molecule has 3 rings (SSSR count). The van der Waals surface area contributed by atoms with Crippen LogP contribution in [0.3, 0.4) is 0 Å². The number of hydrogen-bond acceptors (Lipinski definition) is 3. The van der Waals surface area contributed by atoms with Gasteiger partial charge in [-0.05, 0) is 25.5 Å². The Kier molecular flexibility index (Phi) is 4.12. The molecule has 2 heterocycles. The number of benzene rings is 1. The van der Waals surface area contributed by atoms with E-state index in [9.17, 15) is 4.79 Å². The van der Waals surface area contributed by atoms with E-state index in [0.717, 1.165) is 21.1 Å². The first-order valence-electron chi connectivity index (χ1n) is 6.63. The van der Waals surface area contributed by atoms with Crippen molar-refractivity contribution in [3.05, 3.63) is 56.3 Å². The zero-order valence-electron chi connectivity index (χ0n) is 12.0. The number of carbonyl (C=O) groups excluding carboxylic acids is 1. The minimum atomic E-state index is -0.190. The number of amides is 1. The highest BCUT2D eigenvalue weighted by molar-refractivity contribution is 7.17. The highest BCUT2D eigenvalue weighted by atomic mass is 35.5. The SMILES string of the molecule is Cc1sc2ncc(C(=O)NCc3cccc(Cl)c3Cl)n2c1C. The van der Waals surface area contributed by atoms with Crippen molar-refractivity contribution in [2.24, 2.45) is 0 Å². The zero-order valence-corrected chi connectivity index (χ0v) is 14.3. The van der Waals surface area contributed by atoms with E-state index in [4.69, 9.17) is 23.2 Å². The second kappa shape index (κ2) is 5.91. The topological polar surface area (TPSA) is 46.4 Å². The summed E-state index contributed by atoms with van der Waals surface area (Å²) in [6.45, 7) is 4.31. The third-order valence-corrected chi connectivity index (χ3v) is 5.45. The van der Waals surface area contributed by atoms with Crippen LogP contribution in [0.4, 0.5) is 0 Å². The first kappa shape index (κ1) is 15.3. The van der Waals surface area contributed by atoms with Gasteiger partial charge < -0.3 is 5.32 Å². The van der Waals surface area contributed by atoms with Gasteiger partial charge in [0, 0.05) is 17.1 Å². The lowest BCUT2D eigenvalue weighted by Crippen LogP contribution is -2.24. The molecule has 0 unspecified atom stereocenters. The van der Waals surface area contributed by atoms with Gasteiger partial charge in [0.05, 0.1) is 16.2 Å². The van der Waals surface area contributed by atoms with Crippen LogP contribution in [0.5, 0.6) is 0 Å². The Bertz CT molecular complexity index is 869. The van der Waals surface area contributed by atoms with E-state index in [1.165, 1.54) is 0 Å². The number of imidazole rings is 1. The third-order valence-electron chi connectivity index (χ3n) is 3.52. The predicted octanol–water partition coefficient (Wildman–Crippen LogP) is 4.25. The van der Waals surface area contributed by atoms with Crippen molar-refractivity contribution in [3.63, 3.8) is 0 Å². The summed E-state index contributed by atoms with van der Waals surface area (Å²) >= 11 is 13.7. The average molecular weight is 354 g/mol. The van der Waals surface area contributed by atoms with Gasteiger partial charge in [0.2, 0.25) is 0 Å². The molecule has 0 atom stereocenters. The summed E-state index contributed by atoms with van der Waals surface area (Å²) in [5.41, 5.74) is 2.33. The molecule has 0 radical (unpaired) electrons. The fourth-order valence-corrected chi connectivity index (χ4v) is 3.54. The van der Waals surface area contributed by atoms with Crippen molar-refractivity contribution >= 4 is 45.4 Å². The lowest BCUT2D eigenvalue weighted by Gasteiger charge is -2.08. The molecule has 1 aromatic carbocycles. The minimum Gasteiger partial charge on any atom is -0.347 e. The van der Waals surface area contributed by atoms with Gasteiger partial charge in [0.25, 0.3) is 5.91 Å². The van der Waals surface area contributed by atoms with Gasteiger partial charge in [-0.2, -0.15) is 0 Å². The summed E-state index contributed by atoms with van der Waals surface area (Å²) in [6, 6.07) is 5.35. The number of nitrogens with one attached hydrogen (secondary N) is 1. The van der Waals surface area contributed by atoms with Crippen LogP contribution in [0.25, 0.3) is 4.96 Å². The van der Waals surface area contributed by atoms with Gasteiger partial charge in [-0.3, -0.25) is 9.20 Å². The Morgan fingerprint density at radius 2 is 2.14 bits per heavy atom. The first-order chi connectivity index (χ1) is 10.5.